The third kappa shape index (κ3) is 3.69. The van der Waals surface area contributed by atoms with Crippen LogP contribution >= 0.6 is 0 Å². The Labute approximate surface area is 174 Å². The van der Waals surface area contributed by atoms with Gasteiger partial charge < -0.3 is 9.84 Å². The van der Waals surface area contributed by atoms with Crippen molar-refractivity contribution in [1.82, 2.24) is 15.0 Å². The molecule has 30 heavy (non-hydrogen) atoms. The average molecular weight is 394 g/mol. The van der Waals surface area contributed by atoms with Gasteiger partial charge in [-0.3, -0.25) is 0 Å². The molecule has 0 amide bonds. The second kappa shape index (κ2) is 8.02. The molecule has 0 atom stereocenters. The number of aryl methyl sites for hydroxylation is 1. The number of rotatable bonds is 4. The summed E-state index contributed by atoms with van der Waals surface area (Å²) >= 11 is 0. The highest BCUT2D eigenvalue weighted by Crippen LogP contribution is 2.33. The quantitative estimate of drug-likeness (QED) is 0.536. The van der Waals surface area contributed by atoms with E-state index in [1.54, 1.807) is 30.3 Å². The first-order valence-electron chi connectivity index (χ1n) is 9.29. The average Bonchev–Trinajstić information content (AvgIpc) is 2.79. The summed E-state index contributed by atoms with van der Waals surface area (Å²) in [6, 6.07) is 22.1. The molecule has 0 aliphatic carbocycles. The molecule has 0 aliphatic rings. The number of hydrogen-bond acceptors (Lipinski definition) is 6. The molecule has 0 aliphatic heterocycles. The van der Waals surface area contributed by atoms with Crippen molar-refractivity contribution in [2.24, 2.45) is 0 Å². The third-order valence-corrected chi connectivity index (χ3v) is 4.63. The second-order valence-corrected chi connectivity index (χ2v) is 6.72. The Morgan fingerprint density at radius 3 is 2.17 bits per heavy atom. The van der Waals surface area contributed by atoms with Gasteiger partial charge in [-0.2, -0.15) is 5.26 Å². The van der Waals surface area contributed by atoms with E-state index < -0.39 is 0 Å². The Hall–Kier alpha value is -4.24. The largest absolute Gasteiger partial charge is 0.507 e. The molecule has 0 saturated heterocycles. The first-order valence-corrected chi connectivity index (χ1v) is 9.29. The number of nitrogens with zero attached hydrogens (tertiary/aromatic N) is 4. The predicted octanol–water partition coefficient (Wildman–Crippen LogP) is 4.77. The summed E-state index contributed by atoms with van der Waals surface area (Å²) in [5.41, 5.74) is 3.37. The molecule has 0 spiro atoms. The molecule has 0 unspecified atom stereocenters. The molecular weight excluding hydrogens is 376 g/mol. The standard InChI is InChI=1S/C24H18N4O2/c1-15-8-10-18(20(29)12-15)23-26-22(17-6-4-3-5-7-17)27-24(28-23)19-11-9-16(14-25)13-21(19)30-2/h3-13,29H,1-2H3. The second-order valence-electron chi connectivity index (χ2n) is 6.72. The molecule has 1 heterocycles. The molecule has 0 saturated carbocycles. The lowest BCUT2D eigenvalue weighted by Gasteiger charge is -2.12. The fourth-order valence-corrected chi connectivity index (χ4v) is 3.11. The Balaban J connectivity index is 1.96. The maximum absolute atomic E-state index is 10.5. The van der Waals surface area contributed by atoms with Gasteiger partial charge in [0.25, 0.3) is 0 Å². The summed E-state index contributed by atoms with van der Waals surface area (Å²) < 4.78 is 5.47. The fourth-order valence-electron chi connectivity index (χ4n) is 3.11. The molecule has 3 aromatic carbocycles. The number of nitriles is 1. The van der Waals surface area contributed by atoms with Gasteiger partial charge in [0.1, 0.15) is 11.5 Å². The summed E-state index contributed by atoms with van der Waals surface area (Å²) in [6.07, 6.45) is 0. The zero-order chi connectivity index (χ0) is 21.1. The zero-order valence-electron chi connectivity index (χ0n) is 16.5. The van der Waals surface area contributed by atoms with Crippen LogP contribution in [0.2, 0.25) is 0 Å². The topological polar surface area (TPSA) is 91.9 Å². The van der Waals surface area contributed by atoms with Gasteiger partial charge in [0, 0.05) is 5.56 Å². The minimum absolute atomic E-state index is 0.0953. The summed E-state index contributed by atoms with van der Waals surface area (Å²) in [5.74, 6) is 1.79. The molecular formula is C24H18N4O2. The summed E-state index contributed by atoms with van der Waals surface area (Å²) in [4.78, 5) is 13.9. The van der Waals surface area contributed by atoms with Gasteiger partial charge >= 0.3 is 0 Å². The van der Waals surface area contributed by atoms with Gasteiger partial charge in [-0.05, 0) is 42.8 Å². The summed E-state index contributed by atoms with van der Waals surface area (Å²) in [5, 5.41) is 19.7. The lowest BCUT2D eigenvalue weighted by molar-refractivity contribution is 0.416. The number of phenols is 1. The molecule has 1 aromatic heterocycles. The Morgan fingerprint density at radius 2 is 1.50 bits per heavy atom. The van der Waals surface area contributed by atoms with Crippen LogP contribution in [0.25, 0.3) is 34.2 Å². The van der Waals surface area contributed by atoms with Crippen LogP contribution in [-0.4, -0.2) is 27.2 Å². The van der Waals surface area contributed by atoms with Crippen LogP contribution in [0, 0.1) is 18.3 Å². The van der Waals surface area contributed by atoms with Crippen LogP contribution in [0.5, 0.6) is 11.5 Å². The van der Waals surface area contributed by atoms with E-state index in [2.05, 4.69) is 21.0 Å². The van der Waals surface area contributed by atoms with Crippen molar-refractivity contribution in [2.45, 2.75) is 6.92 Å². The van der Waals surface area contributed by atoms with Crippen LogP contribution in [0.1, 0.15) is 11.1 Å². The van der Waals surface area contributed by atoms with Gasteiger partial charge in [0.05, 0.1) is 29.9 Å². The molecule has 0 radical (unpaired) electrons. The van der Waals surface area contributed by atoms with Gasteiger partial charge in [0.15, 0.2) is 17.5 Å². The molecule has 4 aromatic rings. The number of phenolic OH excluding ortho intramolecular Hbond substituents is 1. The summed E-state index contributed by atoms with van der Waals surface area (Å²) in [6.45, 7) is 1.90. The molecule has 0 fully saturated rings. The van der Waals surface area contributed by atoms with E-state index in [1.807, 2.05) is 43.3 Å². The number of benzene rings is 3. The highest BCUT2D eigenvalue weighted by Gasteiger charge is 2.17. The molecule has 6 nitrogen and oxygen atoms in total. The normalized spacial score (nSPS) is 10.4. The lowest BCUT2D eigenvalue weighted by Crippen LogP contribution is -2.01. The minimum Gasteiger partial charge on any atom is -0.507 e. The van der Waals surface area contributed by atoms with E-state index in [0.717, 1.165) is 11.1 Å². The van der Waals surface area contributed by atoms with Crippen molar-refractivity contribution in [3.05, 3.63) is 77.9 Å². The Bertz CT molecular complexity index is 1260. The van der Waals surface area contributed by atoms with E-state index in [4.69, 9.17) is 4.74 Å². The van der Waals surface area contributed by atoms with E-state index in [0.29, 0.717) is 39.9 Å². The third-order valence-electron chi connectivity index (χ3n) is 4.63. The van der Waals surface area contributed by atoms with Crippen molar-refractivity contribution in [2.75, 3.05) is 7.11 Å². The van der Waals surface area contributed by atoms with Crippen molar-refractivity contribution < 1.29 is 9.84 Å². The Morgan fingerprint density at radius 1 is 0.833 bits per heavy atom. The van der Waals surface area contributed by atoms with Crippen LogP contribution in [-0.2, 0) is 0 Å². The first-order chi connectivity index (χ1) is 14.6. The maximum Gasteiger partial charge on any atom is 0.167 e. The maximum atomic E-state index is 10.5. The minimum atomic E-state index is 0.0953. The predicted molar refractivity (Wildman–Crippen MR) is 114 cm³/mol. The van der Waals surface area contributed by atoms with E-state index >= 15 is 0 Å². The fraction of sp³-hybridized carbons (Fsp3) is 0.0833. The van der Waals surface area contributed by atoms with E-state index in [9.17, 15) is 10.4 Å². The number of aromatic hydroxyl groups is 1. The zero-order valence-corrected chi connectivity index (χ0v) is 16.5. The van der Waals surface area contributed by atoms with Crippen molar-refractivity contribution in [3.63, 3.8) is 0 Å². The van der Waals surface area contributed by atoms with Crippen molar-refractivity contribution in [3.8, 4) is 51.7 Å². The van der Waals surface area contributed by atoms with Gasteiger partial charge in [-0.25, -0.2) is 15.0 Å². The van der Waals surface area contributed by atoms with Crippen LogP contribution in [0.4, 0.5) is 0 Å². The summed E-state index contributed by atoms with van der Waals surface area (Å²) in [7, 11) is 1.53. The smallest absolute Gasteiger partial charge is 0.167 e. The molecule has 0 bridgehead atoms. The molecule has 146 valence electrons. The molecule has 6 heteroatoms. The van der Waals surface area contributed by atoms with Gasteiger partial charge in [0.2, 0.25) is 0 Å². The van der Waals surface area contributed by atoms with Crippen LogP contribution in [0.15, 0.2) is 66.7 Å². The number of methoxy groups -OCH3 is 1. The first kappa shape index (κ1) is 19.1. The number of aromatic nitrogens is 3. The highest BCUT2D eigenvalue weighted by molar-refractivity contribution is 5.72. The van der Waals surface area contributed by atoms with Crippen LogP contribution in [0.3, 0.4) is 0 Å². The SMILES string of the molecule is COc1cc(C#N)ccc1-c1nc(-c2ccccc2)nc(-c2ccc(C)cc2O)n1. The molecule has 1 N–H and O–H groups in total. The number of ether oxygens (including phenoxy) is 1. The monoisotopic (exact) mass is 394 g/mol. The molecule has 4 rings (SSSR count). The van der Waals surface area contributed by atoms with Crippen LogP contribution < -0.4 is 4.74 Å². The van der Waals surface area contributed by atoms with Crippen molar-refractivity contribution in [1.29, 1.82) is 5.26 Å². The van der Waals surface area contributed by atoms with Gasteiger partial charge in [-0.1, -0.05) is 36.4 Å². The Kier molecular flexibility index (Phi) is 5.10. The van der Waals surface area contributed by atoms with E-state index in [1.165, 1.54) is 7.11 Å². The van der Waals surface area contributed by atoms with E-state index in [-0.39, 0.29) is 5.75 Å². The van der Waals surface area contributed by atoms with Gasteiger partial charge in [-0.15, -0.1) is 0 Å². The number of hydrogen-bond donors (Lipinski definition) is 1. The lowest BCUT2D eigenvalue weighted by atomic mass is 10.1. The highest BCUT2D eigenvalue weighted by atomic mass is 16.5. The van der Waals surface area contributed by atoms with Crippen molar-refractivity contribution >= 4 is 0 Å².